The van der Waals surface area contributed by atoms with E-state index in [0.717, 1.165) is 11.4 Å². The molecule has 0 atom stereocenters. The first-order valence-corrected chi connectivity index (χ1v) is 5.09. The van der Waals surface area contributed by atoms with Crippen molar-refractivity contribution in [3.63, 3.8) is 0 Å². The van der Waals surface area contributed by atoms with Crippen LogP contribution in [0.4, 0.5) is 0 Å². The summed E-state index contributed by atoms with van der Waals surface area (Å²) in [6.45, 7) is 1.04. The van der Waals surface area contributed by atoms with Gasteiger partial charge >= 0.3 is 0 Å². The zero-order valence-electron chi connectivity index (χ0n) is 8.84. The van der Waals surface area contributed by atoms with E-state index >= 15 is 0 Å². The molecule has 4 heteroatoms. The van der Waals surface area contributed by atoms with Crippen molar-refractivity contribution in [2.24, 2.45) is 0 Å². The summed E-state index contributed by atoms with van der Waals surface area (Å²) in [5, 5.41) is 0. The Morgan fingerprint density at radius 3 is 2.50 bits per heavy atom. The Morgan fingerprint density at radius 1 is 1.00 bits per heavy atom. The lowest BCUT2D eigenvalue weighted by Crippen LogP contribution is -2.15. The zero-order chi connectivity index (χ0) is 11.1. The molecule has 0 aliphatic rings. The minimum absolute atomic E-state index is 0.508. The fraction of sp³-hybridized carbons (Fsp3) is 0.167. The van der Waals surface area contributed by atoms with Gasteiger partial charge in [-0.3, -0.25) is 4.84 Å². The van der Waals surface area contributed by atoms with Crippen LogP contribution in [-0.4, -0.2) is 9.97 Å². The molecule has 0 fully saturated rings. The average Bonchev–Trinajstić information content (AvgIpc) is 2.37. The molecule has 0 saturated heterocycles. The van der Waals surface area contributed by atoms with Crippen LogP contribution in [-0.2, 0) is 18.0 Å². The van der Waals surface area contributed by atoms with E-state index in [1.165, 1.54) is 0 Å². The van der Waals surface area contributed by atoms with Crippen molar-refractivity contribution >= 4 is 0 Å². The second-order valence-electron chi connectivity index (χ2n) is 3.26. The van der Waals surface area contributed by atoms with Crippen LogP contribution in [0.2, 0.25) is 0 Å². The second-order valence-corrected chi connectivity index (χ2v) is 3.26. The van der Waals surface area contributed by atoms with E-state index < -0.39 is 0 Å². The molecule has 0 spiro atoms. The topological polar surface area (TPSA) is 47.0 Å². The average molecular weight is 215 g/mol. The fourth-order valence-electron chi connectivity index (χ4n) is 1.25. The van der Waals surface area contributed by atoms with Gasteiger partial charge < -0.3 is 0 Å². The summed E-state index contributed by atoms with van der Waals surface area (Å²) in [5.74, 6) is 0.718. The van der Waals surface area contributed by atoms with Gasteiger partial charge in [-0.05, 0) is 11.6 Å². The van der Waals surface area contributed by atoms with Crippen LogP contribution in [0, 0.1) is 0 Å². The molecule has 4 nitrogen and oxygen atoms in total. The lowest BCUT2D eigenvalue weighted by atomic mass is 10.2. The van der Waals surface area contributed by atoms with Crippen molar-refractivity contribution in [2.75, 3.05) is 0 Å². The van der Waals surface area contributed by atoms with Crippen LogP contribution in [0.15, 0.2) is 48.8 Å². The first kappa shape index (κ1) is 10.7. The summed E-state index contributed by atoms with van der Waals surface area (Å²) in [4.78, 5) is 13.4. The Bertz CT molecular complexity index is 364. The van der Waals surface area contributed by atoms with Crippen LogP contribution >= 0.6 is 0 Å². The summed E-state index contributed by atoms with van der Waals surface area (Å²) in [7, 11) is 0. The molecular weight excluding hydrogens is 202 g/mol. The number of hydrogen-bond acceptors (Lipinski definition) is 4. The molecule has 2 rings (SSSR count). The third-order valence-corrected chi connectivity index (χ3v) is 2.03. The molecule has 0 bridgehead atoms. The standard InChI is InChI=1S/C12H13N3O/c1-2-5-11(6-3-1)10-16-15-9-12-13-7-4-8-14-12/h1-8,15H,9-10H2. The van der Waals surface area contributed by atoms with Gasteiger partial charge in [-0.2, -0.15) is 5.48 Å². The summed E-state index contributed by atoms with van der Waals surface area (Å²) < 4.78 is 0. The van der Waals surface area contributed by atoms with Crippen molar-refractivity contribution < 1.29 is 4.84 Å². The van der Waals surface area contributed by atoms with Crippen LogP contribution in [0.1, 0.15) is 11.4 Å². The first-order valence-electron chi connectivity index (χ1n) is 5.09. The molecule has 0 radical (unpaired) electrons. The van der Waals surface area contributed by atoms with Gasteiger partial charge in [-0.15, -0.1) is 0 Å². The third kappa shape index (κ3) is 3.42. The fourth-order valence-corrected chi connectivity index (χ4v) is 1.25. The van der Waals surface area contributed by atoms with Gasteiger partial charge in [0.2, 0.25) is 0 Å². The van der Waals surface area contributed by atoms with E-state index in [4.69, 9.17) is 4.84 Å². The predicted octanol–water partition coefficient (Wildman–Crippen LogP) is 1.70. The van der Waals surface area contributed by atoms with E-state index in [2.05, 4.69) is 15.4 Å². The minimum atomic E-state index is 0.508. The van der Waals surface area contributed by atoms with Crippen LogP contribution in [0.3, 0.4) is 0 Å². The Labute approximate surface area is 94.3 Å². The highest BCUT2D eigenvalue weighted by molar-refractivity contribution is 5.13. The maximum Gasteiger partial charge on any atom is 0.144 e. The minimum Gasteiger partial charge on any atom is -0.297 e. The third-order valence-electron chi connectivity index (χ3n) is 2.03. The summed E-state index contributed by atoms with van der Waals surface area (Å²) in [6, 6.07) is 11.8. The van der Waals surface area contributed by atoms with Crippen molar-refractivity contribution in [1.29, 1.82) is 0 Å². The number of nitrogens with zero attached hydrogens (tertiary/aromatic N) is 2. The number of rotatable bonds is 5. The Kier molecular flexibility index (Phi) is 3.99. The Hall–Kier alpha value is -1.78. The molecule has 0 saturated carbocycles. The van der Waals surface area contributed by atoms with E-state index in [1.54, 1.807) is 18.5 Å². The molecule has 1 aromatic carbocycles. The number of aromatic nitrogens is 2. The van der Waals surface area contributed by atoms with Crippen LogP contribution in [0.25, 0.3) is 0 Å². The van der Waals surface area contributed by atoms with Crippen molar-refractivity contribution in [2.45, 2.75) is 13.2 Å². The lowest BCUT2D eigenvalue weighted by molar-refractivity contribution is 0.0221. The SMILES string of the molecule is c1ccc(CONCc2ncccn2)cc1. The highest BCUT2D eigenvalue weighted by atomic mass is 16.6. The largest absolute Gasteiger partial charge is 0.297 e. The van der Waals surface area contributed by atoms with Crippen LogP contribution < -0.4 is 5.48 Å². The molecule has 0 aliphatic heterocycles. The van der Waals surface area contributed by atoms with Gasteiger partial charge in [-0.1, -0.05) is 30.3 Å². The highest BCUT2D eigenvalue weighted by Gasteiger charge is 1.94. The normalized spacial score (nSPS) is 10.2. The first-order chi connectivity index (χ1) is 7.95. The zero-order valence-corrected chi connectivity index (χ0v) is 8.84. The van der Waals surface area contributed by atoms with Gasteiger partial charge in [0, 0.05) is 12.4 Å². The molecule has 16 heavy (non-hydrogen) atoms. The van der Waals surface area contributed by atoms with Crippen molar-refractivity contribution in [1.82, 2.24) is 15.4 Å². The van der Waals surface area contributed by atoms with E-state index in [1.807, 2.05) is 30.3 Å². The maximum absolute atomic E-state index is 5.29. The molecule has 0 amide bonds. The Morgan fingerprint density at radius 2 is 1.75 bits per heavy atom. The summed E-state index contributed by atoms with van der Waals surface area (Å²) in [6.07, 6.45) is 3.42. The molecule has 0 aliphatic carbocycles. The van der Waals surface area contributed by atoms with Gasteiger partial charge in [0.25, 0.3) is 0 Å². The Balaban J connectivity index is 1.70. The summed E-state index contributed by atoms with van der Waals surface area (Å²) in [5.41, 5.74) is 3.95. The molecular formula is C12H13N3O. The molecule has 1 aromatic heterocycles. The van der Waals surface area contributed by atoms with E-state index in [-0.39, 0.29) is 0 Å². The number of benzene rings is 1. The predicted molar refractivity (Wildman–Crippen MR) is 60.1 cm³/mol. The quantitative estimate of drug-likeness (QED) is 0.609. The molecule has 82 valence electrons. The molecule has 1 N–H and O–H groups in total. The van der Waals surface area contributed by atoms with Crippen molar-refractivity contribution in [3.8, 4) is 0 Å². The van der Waals surface area contributed by atoms with E-state index in [9.17, 15) is 0 Å². The maximum atomic E-state index is 5.29. The number of hydrogen-bond donors (Lipinski definition) is 1. The monoisotopic (exact) mass is 215 g/mol. The highest BCUT2D eigenvalue weighted by Crippen LogP contribution is 1.99. The van der Waals surface area contributed by atoms with Gasteiger partial charge in [-0.25, -0.2) is 9.97 Å². The van der Waals surface area contributed by atoms with Gasteiger partial charge in [0.05, 0.1) is 13.2 Å². The molecule has 0 unspecified atom stereocenters. The molecule has 2 aromatic rings. The van der Waals surface area contributed by atoms with Crippen molar-refractivity contribution in [3.05, 3.63) is 60.2 Å². The van der Waals surface area contributed by atoms with E-state index in [0.29, 0.717) is 13.2 Å². The number of hydroxylamine groups is 1. The molecule has 1 heterocycles. The van der Waals surface area contributed by atoms with Gasteiger partial charge in [0.15, 0.2) is 0 Å². The van der Waals surface area contributed by atoms with Gasteiger partial charge in [0.1, 0.15) is 5.82 Å². The number of nitrogens with one attached hydrogen (secondary N) is 1. The van der Waals surface area contributed by atoms with Crippen LogP contribution in [0.5, 0.6) is 0 Å². The summed E-state index contributed by atoms with van der Waals surface area (Å²) >= 11 is 0. The lowest BCUT2D eigenvalue weighted by Gasteiger charge is -2.04. The smallest absolute Gasteiger partial charge is 0.144 e. The second kappa shape index (κ2) is 5.95.